The minimum absolute atomic E-state index is 0.142. The Morgan fingerprint density at radius 2 is 1.95 bits per heavy atom. The van der Waals surface area contributed by atoms with Gasteiger partial charge in [0, 0.05) is 18.5 Å². The monoisotopic (exact) mass is 301 g/mol. The Kier molecular flexibility index (Phi) is 5.31. The summed E-state index contributed by atoms with van der Waals surface area (Å²) in [6.45, 7) is 7.32. The van der Waals surface area contributed by atoms with E-state index in [-0.39, 0.29) is 11.5 Å². The topological polar surface area (TPSA) is 64.0 Å². The van der Waals surface area contributed by atoms with Crippen LogP contribution in [0.1, 0.15) is 44.1 Å². The number of rotatable bonds is 6. The molecule has 1 aromatic carbocycles. The average molecular weight is 301 g/mol. The molecule has 5 nitrogen and oxygen atoms in total. The van der Waals surface area contributed by atoms with Crippen LogP contribution in [-0.4, -0.2) is 22.2 Å². The maximum absolute atomic E-state index is 12.4. The van der Waals surface area contributed by atoms with Crippen LogP contribution < -0.4 is 10.9 Å². The van der Waals surface area contributed by atoms with Gasteiger partial charge in [0.05, 0.1) is 5.39 Å². The van der Waals surface area contributed by atoms with Crippen molar-refractivity contribution in [2.24, 2.45) is 5.92 Å². The van der Waals surface area contributed by atoms with Gasteiger partial charge in [0.2, 0.25) is 0 Å². The van der Waals surface area contributed by atoms with Crippen LogP contribution in [0.25, 0.3) is 10.8 Å². The molecule has 0 aliphatic rings. The zero-order valence-electron chi connectivity index (χ0n) is 13.4. The number of hydrogen-bond donors (Lipinski definition) is 1. The van der Waals surface area contributed by atoms with Crippen LogP contribution in [0.2, 0.25) is 0 Å². The van der Waals surface area contributed by atoms with E-state index < -0.39 is 0 Å². The maximum Gasteiger partial charge on any atom is 0.274 e. The van der Waals surface area contributed by atoms with Gasteiger partial charge in [-0.15, -0.1) is 0 Å². The van der Waals surface area contributed by atoms with Crippen molar-refractivity contribution >= 4 is 16.7 Å². The first kappa shape index (κ1) is 16.2. The van der Waals surface area contributed by atoms with Crippen molar-refractivity contribution in [3.05, 3.63) is 40.3 Å². The largest absolute Gasteiger partial charge is 0.351 e. The summed E-state index contributed by atoms with van der Waals surface area (Å²) in [7, 11) is 0. The predicted molar refractivity (Wildman–Crippen MR) is 88.1 cm³/mol. The van der Waals surface area contributed by atoms with E-state index in [1.165, 1.54) is 4.68 Å². The lowest BCUT2D eigenvalue weighted by molar-refractivity contribution is 0.0946. The van der Waals surface area contributed by atoms with Crippen molar-refractivity contribution in [3.8, 4) is 0 Å². The minimum Gasteiger partial charge on any atom is -0.351 e. The predicted octanol–water partition coefficient (Wildman–Crippen LogP) is 2.58. The van der Waals surface area contributed by atoms with Crippen LogP contribution in [0, 0.1) is 5.92 Å². The number of aryl methyl sites for hydroxylation is 1. The number of aromatic nitrogens is 2. The number of nitrogens with zero attached hydrogens (tertiary/aromatic N) is 2. The fraction of sp³-hybridized carbons (Fsp3) is 0.471. The molecule has 1 heterocycles. The fourth-order valence-electron chi connectivity index (χ4n) is 2.32. The molecule has 2 aromatic rings. The lowest BCUT2D eigenvalue weighted by Gasteiger charge is -2.11. The van der Waals surface area contributed by atoms with E-state index >= 15 is 0 Å². The van der Waals surface area contributed by atoms with Gasteiger partial charge in [0.25, 0.3) is 11.5 Å². The van der Waals surface area contributed by atoms with Gasteiger partial charge in [-0.1, -0.05) is 39.0 Å². The van der Waals surface area contributed by atoms with E-state index in [4.69, 9.17) is 0 Å². The van der Waals surface area contributed by atoms with Crippen molar-refractivity contribution in [1.29, 1.82) is 0 Å². The lowest BCUT2D eigenvalue weighted by atomic mass is 10.1. The van der Waals surface area contributed by atoms with Gasteiger partial charge < -0.3 is 5.32 Å². The van der Waals surface area contributed by atoms with E-state index in [1.54, 1.807) is 18.2 Å². The Labute approximate surface area is 130 Å². The Balaban J connectivity index is 2.41. The standard InChI is InChI=1S/C17H23N3O2/c1-4-11-20-17(22)14-8-6-5-7-13(14)15(19-20)16(21)18-10-9-12(2)3/h5-8,12H,4,9-11H2,1-3H3,(H,18,21). The second-order valence-electron chi connectivity index (χ2n) is 5.86. The molecular weight excluding hydrogens is 278 g/mol. The van der Waals surface area contributed by atoms with Gasteiger partial charge in [-0.3, -0.25) is 9.59 Å². The summed E-state index contributed by atoms with van der Waals surface area (Å²) in [5.41, 5.74) is 0.184. The van der Waals surface area contributed by atoms with E-state index in [9.17, 15) is 9.59 Å². The molecule has 1 aromatic heterocycles. The summed E-state index contributed by atoms with van der Waals surface area (Å²) in [5.74, 6) is 0.306. The van der Waals surface area contributed by atoms with E-state index in [0.717, 1.165) is 12.8 Å². The number of benzene rings is 1. The maximum atomic E-state index is 12.4. The van der Waals surface area contributed by atoms with E-state index in [2.05, 4.69) is 24.3 Å². The number of carbonyl (C=O) groups is 1. The van der Waals surface area contributed by atoms with Crippen LogP contribution in [-0.2, 0) is 6.54 Å². The average Bonchev–Trinajstić information content (AvgIpc) is 2.50. The second-order valence-corrected chi connectivity index (χ2v) is 5.86. The summed E-state index contributed by atoms with van der Waals surface area (Å²) < 4.78 is 1.39. The Morgan fingerprint density at radius 1 is 1.27 bits per heavy atom. The molecule has 0 unspecified atom stereocenters. The van der Waals surface area contributed by atoms with Crippen LogP contribution in [0.3, 0.4) is 0 Å². The van der Waals surface area contributed by atoms with Crippen molar-refractivity contribution in [1.82, 2.24) is 15.1 Å². The normalized spacial score (nSPS) is 11.1. The zero-order valence-corrected chi connectivity index (χ0v) is 13.4. The first-order valence-electron chi connectivity index (χ1n) is 7.82. The van der Waals surface area contributed by atoms with E-state index in [1.807, 2.05) is 13.0 Å². The number of fused-ring (bicyclic) bond motifs is 1. The Hall–Kier alpha value is -2.17. The van der Waals surface area contributed by atoms with Gasteiger partial charge >= 0.3 is 0 Å². The summed E-state index contributed by atoms with van der Waals surface area (Å²) in [6.07, 6.45) is 1.71. The third-order valence-corrected chi connectivity index (χ3v) is 3.53. The SMILES string of the molecule is CCCn1nc(C(=O)NCCC(C)C)c2ccccc2c1=O. The number of nitrogens with one attached hydrogen (secondary N) is 1. The highest BCUT2D eigenvalue weighted by atomic mass is 16.2. The highest BCUT2D eigenvalue weighted by molar-refractivity contribution is 6.04. The van der Waals surface area contributed by atoms with E-state index in [0.29, 0.717) is 35.5 Å². The molecule has 0 spiro atoms. The quantitative estimate of drug-likeness (QED) is 0.892. The van der Waals surface area contributed by atoms with Gasteiger partial charge in [0.1, 0.15) is 0 Å². The molecule has 0 saturated heterocycles. The summed E-state index contributed by atoms with van der Waals surface area (Å²) in [4.78, 5) is 24.8. The highest BCUT2D eigenvalue weighted by Gasteiger charge is 2.16. The molecule has 118 valence electrons. The fourth-order valence-corrected chi connectivity index (χ4v) is 2.32. The lowest BCUT2D eigenvalue weighted by Crippen LogP contribution is -2.31. The van der Waals surface area contributed by atoms with Gasteiger partial charge in [-0.2, -0.15) is 5.10 Å². The highest BCUT2D eigenvalue weighted by Crippen LogP contribution is 2.13. The molecule has 22 heavy (non-hydrogen) atoms. The molecule has 0 radical (unpaired) electrons. The first-order valence-corrected chi connectivity index (χ1v) is 7.82. The number of amides is 1. The second kappa shape index (κ2) is 7.20. The van der Waals surface area contributed by atoms with Gasteiger partial charge in [-0.25, -0.2) is 4.68 Å². The summed E-state index contributed by atoms with van der Waals surface area (Å²) >= 11 is 0. The summed E-state index contributed by atoms with van der Waals surface area (Å²) in [6, 6.07) is 7.15. The molecule has 1 amide bonds. The molecule has 0 bridgehead atoms. The molecule has 0 saturated carbocycles. The molecule has 1 N–H and O–H groups in total. The molecular formula is C17H23N3O2. The first-order chi connectivity index (χ1) is 10.5. The van der Waals surface area contributed by atoms with Gasteiger partial charge in [-0.05, 0) is 24.8 Å². The smallest absolute Gasteiger partial charge is 0.274 e. The van der Waals surface area contributed by atoms with Crippen molar-refractivity contribution < 1.29 is 4.79 Å². The molecule has 0 aliphatic carbocycles. The molecule has 0 aliphatic heterocycles. The Morgan fingerprint density at radius 3 is 2.59 bits per heavy atom. The van der Waals surface area contributed by atoms with Crippen LogP contribution in [0.5, 0.6) is 0 Å². The molecule has 0 fully saturated rings. The molecule has 0 atom stereocenters. The zero-order chi connectivity index (χ0) is 16.1. The minimum atomic E-state index is -0.221. The van der Waals surface area contributed by atoms with Crippen molar-refractivity contribution in [2.75, 3.05) is 6.54 Å². The van der Waals surface area contributed by atoms with Crippen LogP contribution >= 0.6 is 0 Å². The van der Waals surface area contributed by atoms with Crippen molar-refractivity contribution in [3.63, 3.8) is 0 Å². The third kappa shape index (κ3) is 3.53. The third-order valence-electron chi connectivity index (χ3n) is 3.53. The Bertz CT molecular complexity index is 719. The van der Waals surface area contributed by atoms with Gasteiger partial charge in [0.15, 0.2) is 5.69 Å². The van der Waals surface area contributed by atoms with Crippen LogP contribution in [0.4, 0.5) is 0 Å². The summed E-state index contributed by atoms with van der Waals surface area (Å²) in [5, 5.41) is 8.33. The molecule has 5 heteroatoms. The van der Waals surface area contributed by atoms with Crippen molar-refractivity contribution in [2.45, 2.75) is 40.2 Å². The number of hydrogen-bond acceptors (Lipinski definition) is 3. The van der Waals surface area contributed by atoms with Crippen LogP contribution in [0.15, 0.2) is 29.1 Å². The molecule has 2 rings (SSSR count). The number of carbonyl (C=O) groups excluding carboxylic acids is 1.